The first kappa shape index (κ1) is 22.7. The van der Waals surface area contributed by atoms with Crippen LogP contribution in [0.15, 0.2) is 36.5 Å². The summed E-state index contributed by atoms with van der Waals surface area (Å²) in [5.41, 5.74) is 1.27. The van der Waals surface area contributed by atoms with Gasteiger partial charge in [0.1, 0.15) is 11.3 Å². The highest BCUT2D eigenvalue weighted by Gasteiger charge is 2.25. The van der Waals surface area contributed by atoms with Gasteiger partial charge in [0.25, 0.3) is 6.43 Å². The molecule has 182 valence electrons. The maximum Gasteiger partial charge on any atom is 0.296 e. The number of nitrogens with zero attached hydrogens (tertiary/aromatic N) is 7. The van der Waals surface area contributed by atoms with Gasteiger partial charge >= 0.3 is 0 Å². The molecule has 0 unspecified atom stereocenters. The summed E-state index contributed by atoms with van der Waals surface area (Å²) < 4.78 is 45.4. The zero-order valence-corrected chi connectivity index (χ0v) is 19.0. The zero-order valence-electron chi connectivity index (χ0n) is 19.0. The second-order valence-electron chi connectivity index (χ2n) is 7.50. The molecule has 4 aromatic rings. The number of benzene rings is 1. The monoisotopic (exact) mass is 484 g/mol. The van der Waals surface area contributed by atoms with E-state index >= 15 is 0 Å². The van der Waals surface area contributed by atoms with Crippen LogP contribution in [0.4, 0.5) is 26.4 Å². The Hall–Kier alpha value is -4.13. The highest BCUT2D eigenvalue weighted by Crippen LogP contribution is 2.32. The summed E-state index contributed by atoms with van der Waals surface area (Å²) in [7, 11) is 2.97. The topological polar surface area (TPSA) is 112 Å². The molecule has 0 aliphatic carbocycles. The van der Waals surface area contributed by atoms with Gasteiger partial charge in [0, 0.05) is 31.0 Å². The molecular formula is C22H22F2N8O3. The van der Waals surface area contributed by atoms with Gasteiger partial charge in [-0.1, -0.05) is 6.07 Å². The van der Waals surface area contributed by atoms with E-state index in [2.05, 4.69) is 30.2 Å². The van der Waals surface area contributed by atoms with Crippen LogP contribution >= 0.6 is 0 Å². The zero-order chi connectivity index (χ0) is 24.4. The van der Waals surface area contributed by atoms with E-state index in [-0.39, 0.29) is 17.4 Å². The summed E-state index contributed by atoms with van der Waals surface area (Å²) >= 11 is 0. The molecule has 3 aromatic heterocycles. The van der Waals surface area contributed by atoms with E-state index in [1.54, 1.807) is 36.5 Å². The fourth-order valence-electron chi connectivity index (χ4n) is 3.76. The van der Waals surface area contributed by atoms with Gasteiger partial charge in [0.2, 0.25) is 23.7 Å². The lowest BCUT2D eigenvalue weighted by molar-refractivity contribution is 0.122. The maximum atomic E-state index is 14.1. The molecule has 4 heterocycles. The van der Waals surface area contributed by atoms with Crippen LogP contribution in [0.2, 0.25) is 0 Å². The van der Waals surface area contributed by atoms with Gasteiger partial charge in [-0.15, -0.1) is 0 Å². The number of nitrogens with one attached hydrogen (secondary N) is 1. The van der Waals surface area contributed by atoms with Gasteiger partial charge in [0.05, 0.1) is 33.0 Å². The molecule has 1 aromatic carbocycles. The molecule has 0 atom stereocenters. The first-order chi connectivity index (χ1) is 17.1. The summed E-state index contributed by atoms with van der Waals surface area (Å²) in [6, 6.07) is 8.39. The van der Waals surface area contributed by atoms with Crippen LogP contribution in [-0.2, 0) is 4.74 Å². The van der Waals surface area contributed by atoms with Gasteiger partial charge in [-0.25, -0.2) is 18.7 Å². The lowest BCUT2D eigenvalue weighted by atomic mass is 10.3. The van der Waals surface area contributed by atoms with Crippen molar-refractivity contribution < 1.29 is 23.0 Å². The molecule has 35 heavy (non-hydrogen) atoms. The minimum atomic E-state index is -2.88. The Morgan fingerprint density at radius 2 is 1.80 bits per heavy atom. The van der Waals surface area contributed by atoms with Gasteiger partial charge in [0.15, 0.2) is 5.82 Å². The van der Waals surface area contributed by atoms with E-state index in [4.69, 9.17) is 14.2 Å². The maximum absolute atomic E-state index is 14.1. The Morgan fingerprint density at radius 3 is 2.54 bits per heavy atom. The Morgan fingerprint density at radius 1 is 1.00 bits per heavy atom. The molecule has 1 aliphatic heterocycles. The Balaban J connectivity index is 1.67. The number of halogens is 2. The predicted octanol–water partition coefficient (Wildman–Crippen LogP) is 3.14. The van der Waals surface area contributed by atoms with E-state index in [1.807, 2.05) is 4.90 Å². The fraction of sp³-hybridized carbons (Fsp3) is 0.318. The fourth-order valence-corrected chi connectivity index (χ4v) is 3.76. The van der Waals surface area contributed by atoms with Crippen molar-refractivity contribution in [3.63, 3.8) is 0 Å². The number of methoxy groups -OCH3 is 2. The highest BCUT2D eigenvalue weighted by molar-refractivity contribution is 5.84. The number of rotatable bonds is 7. The number of para-hydroxylation sites is 1. The van der Waals surface area contributed by atoms with Crippen molar-refractivity contribution >= 4 is 28.6 Å². The van der Waals surface area contributed by atoms with Crippen molar-refractivity contribution in [1.82, 2.24) is 29.5 Å². The molecular weight excluding hydrogens is 462 g/mol. The third-order valence-electron chi connectivity index (χ3n) is 5.40. The average molecular weight is 484 g/mol. The van der Waals surface area contributed by atoms with Crippen LogP contribution in [-0.4, -0.2) is 70.0 Å². The summed E-state index contributed by atoms with van der Waals surface area (Å²) in [6.07, 6.45) is -1.31. The number of aromatic nitrogens is 6. The van der Waals surface area contributed by atoms with E-state index in [9.17, 15) is 8.78 Å². The third-order valence-corrected chi connectivity index (χ3v) is 5.40. The minimum Gasteiger partial charge on any atom is -0.494 e. The first-order valence-electron chi connectivity index (χ1n) is 10.8. The van der Waals surface area contributed by atoms with Crippen molar-refractivity contribution in [3.05, 3.63) is 42.4 Å². The molecule has 1 fully saturated rings. The number of pyridine rings is 1. The lowest BCUT2D eigenvalue weighted by Gasteiger charge is -2.27. The molecule has 0 radical (unpaired) electrons. The van der Waals surface area contributed by atoms with E-state index in [1.165, 1.54) is 18.8 Å². The van der Waals surface area contributed by atoms with Gasteiger partial charge in [-0.3, -0.25) is 4.57 Å². The standard InChI is InChI=1S/C22H22F2N8O3/c1-33-15-5-3-4-14-17(15)27-19(18(23)24)32(14)22-29-20(26-13-6-7-25-16(12-13)34-2)28-21(30-22)31-8-10-35-11-9-31/h3-7,12,18H,8-11H2,1-2H3,(H,25,26,28,29,30). The van der Waals surface area contributed by atoms with Crippen LogP contribution in [0.5, 0.6) is 11.6 Å². The van der Waals surface area contributed by atoms with Crippen molar-refractivity contribution in [2.75, 3.05) is 50.7 Å². The number of hydrogen-bond acceptors (Lipinski definition) is 10. The molecule has 1 saturated heterocycles. The second-order valence-corrected chi connectivity index (χ2v) is 7.50. The summed E-state index contributed by atoms with van der Waals surface area (Å²) in [5.74, 6) is 0.746. The van der Waals surface area contributed by atoms with Crippen LogP contribution in [0, 0.1) is 0 Å². The van der Waals surface area contributed by atoms with E-state index in [0.717, 1.165) is 0 Å². The minimum absolute atomic E-state index is 0.00364. The molecule has 0 spiro atoms. The molecule has 11 nitrogen and oxygen atoms in total. The number of anilines is 3. The quantitative estimate of drug-likeness (QED) is 0.420. The van der Waals surface area contributed by atoms with Crippen molar-refractivity contribution in [3.8, 4) is 17.6 Å². The SMILES string of the molecule is COc1cc(Nc2nc(N3CCOCC3)nc(-n3c(C(F)F)nc4c(OC)cccc43)n2)ccn1. The molecule has 0 saturated carbocycles. The largest absolute Gasteiger partial charge is 0.494 e. The first-order valence-corrected chi connectivity index (χ1v) is 10.8. The number of fused-ring (bicyclic) bond motifs is 1. The van der Waals surface area contributed by atoms with Crippen LogP contribution < -0.4 is 19.7 Å². The Kier molecular flexibility index (Phi) is 6.23. The van der Waals surface area contributed by atoms with E-state index in [0.29, 0.717) is 55.1 Å². The average Bonchev–Trinajstić information content (AvgIpc) is 3.29. The third kappa shape index (κ3) is 4.49. The number of morpholine rings is 1. The highest BCUT2D eigenvalue weighted by atomic mass is 19.3. The second kappa shape index (κ2) is 9.62. The summed E-state index contributed by atoms with van der Waals surface area (Å²) in [5, 5.41) is 3.09. The number of alkyl halides is 2. The van der Waals surface area contributed by atoms with Gasteiger partial charge < -0.3 is 24.4 Å². The molecule has 1 aliphatic rings. The smallest absolute Gasteiger partial charge is 0.296 e. The number of imidazole rings is 1. The molecule has 13 heteroatoms. The molecule has 5 rings (SSSR count). The summed E-state index contributed by atoms with van der Waals surface area (Å²) in [4.78, 5) is 23.7. The number of ether oxygens (including phenoxy) is 3. The lowest BCUT2D eigenvalue weighted by Crippen LogP contribution is -2.37. The van der Waals surface area contributed by atoms with Crippen molar-refractivity contribution in [1.29, 1.82) is 0 Å². The molecule has 0 bridgehead atoms. The van der Waals surface area contributed by atoms with Crippen LogP contribution in [0.1, 0.15) is 12.2 Å². The van der Waals surface area contributed by atoms with Gasteiger partial charge in [-0.05, 0) is 18.2 Å². The molecule has 1 N–H and O–H groups in total. The molecule has 0 amide bonds. The number of hydrogen-bond donors (Lipinski definition) is 1. The van der Waals surface area contributed by atoms with Crippen molar-refractivity contribution in [2.45, 2.75) is 6.43 Å². The Labute approximate surface area is 198 Å². The predicted molar refractivity (Wildman–Crippen MR) is 123 cm³/mol. The van der Waals surface area contributed by atoms with Crippen LogP contribution in [0.3, 0.4) is 0 Å². The van der Waals surface area contributed by atoms with Crippen molar-refractivity contribution in [2.24, 2.45) is 0 Å². The normalized spacial score (nSPS) is 13.9. The van der Waals surface area contributed by atoms with Gasteiger partial charge in [-0.2, -0.15) is 15.0 Å². The van der Waals surface area contributed by atoms with E-state index < -0.39 is 12.2 Å². The summed E-state index contributed by atoms with van der Waals surface area (Å²) in [6.45, 7) is 2.09. The van der Waals surface area contributed by atoms with Crippen LogP contribution in [0.25, 0.3) is 17.0 Å². The Bertz CT molecular complexity index is 1340.